The van der Waals surface area contributed by atoms with Crippen LogP contribution in [0.5, 0.6) is 17.2 Å². The van der Waals surface area contributed by atoms with Crippen LogP contribution in [0.4, 0.5) is 11.4 Å². The van der Waals surface area contributed by atoms with Crippen LogP contribution in [0.3, 0.4) is 0 Å². The van der Waals surface area contributed by atoms with Gasteiger partial charge in [0.2, 0.25) is 12.7 Å². The van der Waals surface area contributed by atoms with Crippen molar-refractivity contribution in [3.63, 3.8) is 0 Å². The number of anilines is 2. The van der Waals surface area contributed by atoms with Gasteiger partial charge < -0.3 is 24.4 Å². The first-order valence-corrected chi connectivity index (χ1v) is 14.5. The Morgan fingerprint density at radius 1 is 0.886 bits per heavy atom. The molecule has 8 rings (SSSR count). The van der Waals surface area contributed by atoms with Crippen molar-refractivity contribution in [2.24, 2.45) is 5.92 Å². The fourth-order valence-electron chi connectivity index (χ4n) is 7.54. The number of Topliss-reactive ketones (excluding diaryl/α,β-unsaturated/α-hetero) is 2. The molecule has 1 N–H and O–H groups in total. The third kappa shape index (κ3) is 3.48. The maximum atomic E-state index is 15.1. The monoisotopic (exact) mass is 584 g/mol. The van der Waals surface area contributed by atoms with Crippen LogP contribution in [0.15, 0.2) is 97.1 Å². The molecule has 0 bridgehead atoms. The number of benzene rings is 4. The summed E-state index contributed by atoms with van der Waals surface area (Å²) in [5, 5.41) is 3.07. The highest BCUT2D eigenvalue weighted by Crippen LogP contribution is 2.59. The number of hydrogen-bond donors (Lipinski definition) is 1. The standard InChI is InChI=1S/C36H28N2O6/c1-20-17-30-36(25-8-4-5-9-26(25)37-35(36)41)31(33(39)22-13-16-28-29(18-22)44-19-43-28)32(38(30)27-10-6-3-7-24(20)27)34(40)21-11-14-23(42-2)15-12-21/h3-18,30-32H,19H2,1-2H3,(H,37,41)/t30-,31+,32-,36+/m0/s1. The first-order valence-electron chi connectivity index (χ1n) is 14.5. The number of para-hydroxylation sites is 2. The molecule has 0 saturated carbocycles. The quantitative estimate of drug-likeness (QED) is 0.302. The van der Waals surface area contributed by atoms with Gasteiger partial charge in [-0.2, -0.15) is 0 Å². The second kappa shape index (κ2) is 9.57. The van der Waals surface area contributed by atoms with Gasteiger partial charge in [0.25, 0.3) is 0 Å². The molecular weight excluding hydrogens is 556 g/mol. The summed E-state index contributed by atoms with van der Waals surface area (Å²) < 4.78 is 16.5. The Balaban J connectivity index is 1.41. The minimum absolute atomic E-state index is 0.0609. The number of carbonyl (C=O) groups is 3. The highest BCUT2D eigenvalue weighted by Gasteiger charge is 2.70. The molecule has 0 aliphatic carbocycles. The van der Waals surface area contributed by atoms with Crippen molar-refractivity contribution in [1.29, 1.82) is 0 Å². The van der Waals surface area contributed by atoms with Gasteiger partial charge in [-0.3, -0.25) is 14.4 Å². The van der Waals surface area contributed by atoms with Gasteiger partial charge in [0.1, 0.15) is 17.2 Å². The van der Waals surface area contributed by atoms with Gasteiger partial charge in [-0.15, -0.1) is 0 Å². The van der Waals surface area contributed by atoms with Gasteiger partial charge in [-0.05, 0) is 72.7 Å². The van der Waals surface area contributed by atoms with Crippen molar-refractivity contribution in [2.75, 3.05) is 24.1 Å². The predicted octanol–water partition coefficient (Wildman–Crippen LogP) is 5.67. The lowest BCUT2D eigenvalue weighted by Gasteiger charge is -2.39. The van der Waals surface area contributed by atoms with Crippen molar-refractivity contribution in [3.05, 3.63) is 119 Å². The minimum atomic E-state index is -1.40. The number of hydrogen-bond acceptors (Lipinski definition) is 7. The van der Waals surface area contributed by atoms with Gasteiger partial charge in [0.15, 0.2) is 23.1 Å². The maximum Gasteiger partial charge on any atom is 0.238 e. The number of nitrogens with one attached hydrogen (secondary N) is 1. The third-order valence-corrected chi connectivity index (χ3v) is 9.47. The van der Waals surface area contributed by atoms with Gasteiger partial charge >= 0.3 is 0 Å². The van der Waals surface area contributed by atoms with E-state index in [4.69, 9.17) is 14.2 Å². The van der Waals surface area contributed by atoms with Crippen LogP contribution in [-0.2, 0) is 10.2 Å². The van der Waals surface area contributed by atoms with Crippen molar-refractivity contribution >= 4 is 34.4 Å². The molecular formula is C36H28N2O6. The van der Waals surface area contributed by atoms with E-state index < -0.39 is 23.4 Å². The van der Waals surface area contributed by atoms with E-state index in [9.17, 15) is 9.59 Å². The van der Waals surface area contributed by atoms with Crippen molar-refractivity contribution < 1.29 is 28.6 Å². The fraction of sp³-hybridized carbons (Fsp3) is 0.194. The number of amides is 1. The van der Waals surface area contributed by atoms with E-state index in [0.717, 1.165) is 16.8 Å². The summed E-state index contributed by atoms with van der Waals surface area (Å²) >= 11 is 0. The highest BCUT2D eigenvalue weighted by atomic mass is 16.7. The molecule has 0 radical (unpaired) electrons. The van der Waals surface area contributed by atoms with Crippen LogP contribution >= 0.6 is 0 Å². The summed E-state index contributed by atoms with van der Waals surface area (Å²) in [6.45, 7) is 2.07. The van der Waals surface area contributed by atoms with Gasteiger partial charge in [0.05, 0.1) is 19.1 Å². The van der Waals surface area contributed by atoms with Crippen LogP contribution in [0.2, 0.25) is 0 Å². The molecule has 4 heterocycles. The normalized spacial score (nSPS) is 23.9. The average molecular weight is 585 g/mol. The zero-order valence-corrected chi connectivity index (χ0v) is 24.1. The molecule has 1 spiro atoms. The first kappa shape index (κ1) is 26.3. The molecule has 4 aliphatic rings. The average Bonchev–Trinajstić information content (AvgIpc) is 3.73. The topological polar surface area (TPSA) is 94.2 Å². The molecule has 4 aromatic carbocycles. The Kier molecular flexibility index (Phi) is 5.71. The Hall–Kier alpha value is -5.37. The molecule has 4 aromatic rings. The van der Waals surface area contributed by atoms with Gasteiger partial charge in [-0.25, -0.2) is 0 Å². The van der Waals surface area contributed by atoms with Crippen LogP contribution < -0.4 is 24.4 Å². The number of allylic oxidation sites excluding steroid dienone is 1. The number of rotatable bonds is 5. The van der Waals surface area contributed by atoms with E-state index >= 15 is 4.79 Å². The zero-order valence-electron chi connectivity index (χ0n) is 24.1. The lowest BCUT2D eigenvalue weighted by molar-refractivity contribution is -0.121. The van der Waals surface area contributed by atoms with E-state index in [1.165, 1.54) is 0 Å². The SMILES string of the molecule is COc1ccc(C(=O)[C@@H]2[C@H](C(=O)c3ccc4c(c3)OCO4)[C@]3(C(=O)Nc4ccccc43)[C@@H]3C=C(C)c4ccccc4N23)cc1. The van der Waals surface area contributed by atoms with Crippen molar-refractivity contribution in [3.8, 4) is 17.2 Å². The maximum absolute atomic E-state index is 15.1. The number of fused-ring (bicyclic) bond motifs is 7. The summed E-state index contributed by atoms with van der Waals surface area (Å²) in [6.07, 6.45) is 2.05. The lowest BCUT2D eigenvalue weighted by Crippen LogP contribution is -2.51. The smallest absolute Gasteiger partial charge is 0.238 e. The van der Waals surface area contributed by atoms with E-state index in [1.807, 2.05) is 66.4 Å². The summed E-state index contributed by atoms with van der Waals surface area (Å²) in [6, 6.07) is 25.6. The van der Waals surface area contributed by atoms with E-state index in [2.05, 4.69) is 5.32 Å². The Bertz CT molecular complexity index is 1910. The first-order chi connectivity index (χ1) is 21.4. The molecule has 0 aromatic heterocycles. The molecule has 8 nitrogen and oxygen atoms in total. The summed E-state index contributed by atoms with van der Waals surface area (Å²) in [5.74, 6) is -0.351. The summed E-state index contributed by atoms with van der Waals surface area (Å²) in [5.41, 5.74) is 3.45. The second-order valence-electron chi connectivity index (χ2n) is 11.5. The predicted molar refractivity (Wildman–Crippen MR) is 165 cm³/mol. The van der Waals surface area contributed by atoms with Crippen LogP contribution in [0.25, 0.3) is 5.57 Å². The third-order valence-electron chi connectivity index (χ3n) is 9.47. The molecule has 8 heteroatoms. The summed E-state index contributed by atoms with van der Waals surface area (Å²) in [7, 11) is 1.57. The highest BCUT2D eigenvalue weighted by molar-refractivity contribution is 6.18. The van der Waals surface area contributed by atoms with Crippen LogP contribution in [0, 0.1) is 5.92 Å². The number of ether oxygens (including phenoxy) is 3. The van der Waals surface area contributed by atoms with Gasteiger partial charge in [-0.1, -0.05) is 42.5 Å². The van der Waals surface area contributed by atoms with Crippen LogP contribution in [-0.4, -0.2) is 43.5 Å². The van der Waals surface area contributed by atoms with Crippen LogP contribution in [0.1, 0.15) is 38.8 Å². The molecule has 0 unspecified atom stereocenters. The zero-order chi connectivity index (χ0) is 30.2. The Labute approximate surface area is 253 Å². The van der Waals surface area contributed by atoms with E-state index in [-0.39, 0.29) is 24.3 Å². The number of carbonyl (C=O) groups excluding carboxylic acids is 3. The summed E-state index contributed by atoms with van der Waals surface area (Å²) in [4.78, 5) is 46.5. The van der Waals surface area contributed by atoms with Gasteiger partial charge in [0, 0.05) is 28.1 Å². The Morgan fingerprint density at radius 2 is 1.61 bits per heavy atom. The lowest BCUT2D eigenvalue weighted by atomic mass is 9.64. The molecule has 218 valence electrons. The molecule has 4 aliphatic heterocycles. The molecule has 44 heavy (non-hydrogen) atoms. The fourth-order valence-corrected chi connectivity index (χ4v) is 7.54. The molecule has 1 fully saturated rings. The number of nitrogens with zero attached hydrogens (tertiary/aromatic N) is 1. The molecule has 1 saturated heterocycles. The molecule has 1 amide bonds. The minimum Gasteiger partial charge on any atom is -0.497 e. The Morgan fingerprint density at radius 3 is 2.43 bits per heavy atom. The number of ketones is 2. The largest absolute Gasteiger partial charge is 0.497 e. The second-order valence-corrected chi connectivity index (χ2v) is 11.5. The van der Waals surface area contributed by atoms with E-state index in [1.54, 1.807) is 49.6 Å². The van der Waals surface area contributed by atoms with E-state index in [0.29, 0.717) is 39.6 Å². The number of methoxy groups -OCH3 is 1. The van der Waals surface area contributed by atoms with Crippen molar-refractivity contribution in [1.82, 2.24) is 0 Å². The van der Waals surface area contributed by atoms with Crippen molar-refractivity contribution in [2.45, 2.75) is 24.4 Å². The molecule has 4 atom stereocenters.